The van der Waals surface area contributed by atoms with Crippen LogP contribution < -0.4 is 16.6 Å². The third kappa shape index (κ3) is 3.92. The summed E-state index contributed by atoms with van der Waals surface area (Å²) in [5.41, 5.74) is 2.41. The number of nitrogen functional groups attached to an aromatic ring is 1. The summed E-state index contributed by atoms with van der Waals surface area (Å²) in [5.74, 6) is 6.25. The number of likely N-dealkylation sites (N-methyl/N-ethyl adjacent to an activating group) is 1. The first-order valence-electron chi connectivity index (χ1n) is 6.64. The fourth-order valence-corrected chi connectivity index (χ4v) is 2.60. The minimum Gasteiger partial charge on any atom is -0.367 e. The largest absolute Gasteiger partial charge is 0.367 e. The van der Waals surface area contributed by atoms with Crippen LogP contribution in [0.3, 0.4) is 0 Å². The Hall–Kier alpha value is -1.11. The number of hydrogen-bond acceptors (Lipinski definition) is 6. The molecule has 0 radical (unpaired) electrons. The van der Waals surface area contributed by atoms with Crippen LogP contribution >= 0.6 is 11.6 Å². The molecule has 4 N–H and O–H groups in total. The molecule has 1 saturated carbocycles. The second-order valence-corrected chi connectivity index (χ2v) is 5.29. The van der Waals surface area contributed by atoms with E-state index < -0.39 is 0 Å². The van der Waals surface area contributed by atoms with Gasteiger partial charge in [-0.1, -0.05) is 24.4 Å². The number of nitrogens with two attached hydrogens (primary N) is 1. The van der Waals surface area contributed by atoms with Crippen LogP contribution in [0, 0.1) is 0 Å². The molecule has 1 fully saturated rings. The van der Waals surface area contributed by atoms with Crippen LogP contribution in [0.2, 0.25) is 5.02 Å². The Morgan fingerprint density at radius 2 is 2.21 bits per heavy atom. The van der Waals surface area contributed by atoms with Gasteiger partial charge in [0.25, 0.3) is 0 Å². The van der Waals surface area contributed by atoms with Crippen LogP contribution in [0.15, 0.2) is 6.20 Å². The quantitative estimate of drug-likeness (QED) is 0.545. The van der Waals surface area contributed by atoms with Crippen molar-refractivity contribution in [1.29, 1.82) is 0 Å². The standard InChI is InChI=1S/C12H21ClN6/c1-19(9-4-2-3-5-9)7-6-15-11-10(13)8-16-12(17-11)18-14/h8-9H,2-7,14H2,1H3,(H2,15,16,17,18). The summed E-state index contributed by atoms with van der Waals surface area (Å²) in [6.07, 6.45) is 6.86. The van der Waals surface area contributed by atoms with Gasteiger partial charge in [0.1, 0.15) is 5.02 Å². The van der Waals surface area contributed by atoms with Gasteiger partial charge in [0.2, 0.25) is 5.95 Å². The molecule has 0 aromatic carbocycles. The molecule has 0 bridgehead atoms. The molecule has 0 atom stereocenters. The number of aromatic nitrogens is 2. The molecular weight excluding hydrogens is 264 g/mol. The smallest absolute Gasteiger partial charge is 0.239 e. The Morgan fingerprint density at radius 1 is 1.47 bits per heavy atom. The maximum atomic E-state index is 6.03. The van der Waals surface area contributed by atoms with Crippen LogP contribution in [0.25, 0.3) is 0 Å². The zero-order valence-corrected chi connectivity index (χ0v) is 12.0. The molecule has 1 heterocycles. The predicted molar refractivity (Wildman–Crippen MR) is 78.2 cm³/mol. The molecular formula is C12H21ClN6. The fourth-order valence-electron chi connectivity index (χ4n) is 2.44. The van der Waals surface area contributed by atoms with Crippen molar-refractivity contribution in [3.05, 3.63) is 11.2 Å². The lowest BCUT2D eigenvalue weighted by Crippen LogP contribution is -2.33. The van der Waals surface area contributed by atoms with Crippen LogP contribution in [0.5, 0.6) is 0 Å². The first-order valence-corrected chi connectivity index (χ1v) is 7.02. The van der Waals surface area contributed by atoms with Gasteiger partial charge in [-0.25, -0.2) is 10.8 Å². The lowest BCUT2D eigenvalue weighted by molar-refractivity contribution is 0.254. The highest BCUT2D eigenvalue weighted by atomic mass is 35.5. The highest BCUT2D eigenvalue weighted by Crippen LogP contribution is 2.22. The van der Waals surface area contributed by atoms with Crippen molar-refractivity contribution in [2.24, 2.45) is 5.84 Å². The molecule has 19 heavy (non-hydrogen) atoms. The molecule has 0 unspecified atom stereocenters. The van der Waals surface area contributed by atoms with Gasteiger partial charge in [-0.15, -0.1) is 0 Å². The van der Waals surface area contributed by atoms with Gasteiger partial charge in [0.15, 0.2) is 5.82 Å². The highest BCUT2D eigenvalue weighted by molar-refractivity contribution is 6.32. The van der Waals surface area contributed by atoms with Crippen molar-refractivity contribution in [3.63, 3.8) is 0 Å². The average Bonchev–Trinajstić information content (AvgIpc) is 2.95. The van der Waals surface area contributed by atoms with E-state index in [-0.39, 0.29) is 0 Å². The second-order valence-electron chi connectivity index (χ2n) is 4.88. The van der Waals surface area contributed by atoms with Gasteiger partial charge in [-0.2, -0.15) is 4.98 Å². The predicted octanol–water partition coefficient (Wildman–Crippen LogP) is 1.70. The summed E-state index contributed by atoms with van der Waals surface area (Å²) >= 11 is 6.03. The molecule has 6 nitrogen and oxygen atoms in total. The van der Waals surface area contributed by atoms with Gasteiger partial charge in [-0.3, -0.25) is 5.43 Å². The van der Waals surface area contributed by atoms with Gasteiger partial charge >= 0.3 is 0 Å². The van der Waals surface area contributed by atoms with E-state index in [9.17, 15) is 0 Å². The molecule has 106 valence electrons. The van der Waals surface area contributed by atoms with Crippen molar-refractivity contribution >= 4 is 23.4 Å². The number of halogens is 1. The first kappa shape index (κ1) is 14.3. The molecule has 1 aliphatic rings. The van der Waals surface area contributed by atoms with Crippen LogP contribution in [-0.2, 0) is 0 Å². The Morgan fingerprint density at radius 3 is 2.89 bits per heavy atom. The van der Waals surface area contributed by atoms with Crippen LogP contribution in [-0.4, -0.2) is 41.0 Å². The van der Waals surface area contributed by atoms with E-state index in [4.69, 9.17) is 17.4 Å². The van der Waals surface area contributed by atoms with Gasteiger partial charge < -0.3 is 10.2 Å². The minimum atomic E-state index is 0.357. The molecule has 1 aliphatic carbocycles. The zero-order valence-electron chi connectivity index (χ0n) is 11.2. The Labute approximate surface area is 118 Å². The topological polar surface area (TPSA) is 79.1 Å². The van der Waals surface area contributed by atoms with E-state index >= 15 is 0 Å². The maximum absolute atomic E-state index is 6.03. The number of rotatable bonds is 6. The Balaban J connectivity index is 1.81. The van der Waals surface area contributed by atoms with E-state index in [2.05, 4.69) is 32.7 Å². The highest BCUT2D eigenvalue weighted by Gasteiger charge is 2.18. The minimum absolute atomic E-state index is 0.357. The molecule has 0 aliphatic heterocycles. The third-order valence-corrected chi connectivity index (χ3v) is 3.85. The van der Waals surface area contributed by atoms with E-state index in [1.807, 2.05) is 0 Å². The maximum Gasteiger partial charge on any atom is 0.239 e. The summed E-state index contributed by atoms with van der Waals surface area (Å²) in [6.45, 7) is 1.77. The molecule has 0 spiro atoms. The lowest BCUT2D eigenvalue weighted by Gasteiger charge is -2.24. The van der Waals surface area contributed by atoms with Gasteiger partial charge in [0, 0.05) is 19.1 Å². The third-order valence-electron chi connectivity index (χ3n) is 3.58. The van der Waals surface area contributed by atoms with E-state index in [0.29, 0.717) is 16.8 Å². The summed E-state index contributed by atoms with van der Waals surface area (Å²) in [4.78, 5) is 10.5. The monoisotopic (exact) mass is 284 g/mol. The number of hydrogen-bond donors (Lipinski definition) is 3. The first-order chi connectivity index (χ1) is 9.20. The summed E-state index contributed by atoms with van der Waals surface area (Å²) in [7, 11) is 2.17. The number of anilines is 2. The molecule has 1 aromatic rings. The lowest BCUT2D eigenvalue weighted by atomic mass is 10.2. The van der Waals surface area contributed by atoms with Crippen LogP contribution in [0.4, 0.5) is 11.8 Å². The van der Waals surface area contributed by atoms with Crippen molar-refractivity contribution < 1.29 is 0 Å². The fraction of sp³-hybridized carbons (Fsp3) is 0.667. The summed E-state index contributed by atoms with van der Waals surface area (Å²) in [6, 6.07) is 0.726. The van der Waals surface area contributed by atoms with Gasteiger partial charge in [0.05, 0.1) is 6.20 Å². The Bertz CT molecular complexity index is 407. The summed E-state index contributed by atoms with van der Waals surface area (Å²) in [5, 5.41) is 3.72. The average molecular weight is 285 g/mol. The normalized spacial score (nSPS) is 16.0. The molecule has 0 saturated heterocycles. The molecule has 7 heteroatoms. The molecule has 2 rings (SSSR count). The van der Waals surface area contributed by atoms with Crippen LogP contribution in [0.1, 0.15) is 25.7 Å². The number of nitrogens with zero attached hydrogens (tertiary/aromatic N) is 3. The number of nitrogens with one attached hydrogen (secondary N) is 2. The second kappa shape index (κ2) is 6.88. The van der Waals surface area contributed by atoms with Crippen molar-refractivity contribution in [1.82, 2.24) is 14.9 Å². The van der Waals surface area contributed by atoms with E-state index in [1.165, 1.54) is 31.9 Å². The van der Waals surface area contributed by atoms with Crippen molar-refractivity contribution in [2.45, 2.75) is 31.7 Å². The van der Waals surface area contributed by atoms with Gasteiger partial charge in [-0.05, 0) is 19.9 Å². The summed E-state index contributed by atoms with van der Waals surface area (Å²) < 4.78 is 0. The van der Waals surface area contributed by atoms with Crippen molar-refractivity contribution in [3.8, 4) is 0 Å². The van der Waals surface area contributed by atoms with Crippen molar-refractivity contribution in [2.75, 3.05) is 30.9 Å². The SMILES string of the molecule is CN(CCNc1nc(NN)ncc1Cl)C1CCCC1. The van der Waals surface area contributed by atoms with E-state index in [0.717, 1.165) is 19.1 Å². The number of hydrazine groups is 1. The molecule has 1 aromatic heterocycles. The zero-order chi connectivity index (χ0) is 13.7. The Kier molecular flexibility index (Phi) is 5.18. The molecule has 0 amide bonds. The van der Waals surface area contributed by atoms with E-state index in [1.54, 1.807) is 0 Å².